The van der Waals surface area contributed by atoms with Crippen LogP contribution in [0, 0.1) is 5.82 Å². The molecule has 3 rings (SSSR count). The Morgan fingerprint density at radius 3 is 2.75 bits per heavy atom. The first-order valence-corrected chi connectivity index (χ1v) is 7.23. The van der Waals surface area contributed by atoms with E-state index in [-0.39, 0.29) is 11.5 Å². The molecule has 1 aromatic rings. The smallest absolute Gasteiger partial charge is 0.256 e. The first-order chi connectivity index (χ1) is 9.65. The third-order valence-corrected chi connectivity index (χ3v) is 4.35. The van der Waals surface area contributed by atoms with E-state index >= 15 is 0 Å². The van der Waals surface area contributed by atoms with Crippen LogP contribution in [0.5, 0.6) is 0 Å². The van der Waals surface area contributed by atoms with E-state index in [4.69, 9.17) is 5.73 Å². The molecule has 108 valence electrons. The number of anilines is 1. The number of nitrogens with zero attached hydrogens (tertiary/aromatic N) is 2. The van der Waals surface area contributed by atoms with E-state index in [1.165, 1.54) is 31.0 Å². The highest BCUT2D eigenvalue weighted by Crippen LogP contribution is 2.23. The molecule has 2 aliphatic heterocycles. The molecule has 0 bridgehead atoms. The summed E-state index contributed by atoms with van der Waals surface area (Å²) in [7, 11) is 0. The summed E-state index contributed by atoms with van der Waals surface area (Å²) in [6.07, 6.45) is 3.50. The van der Waals surface area contributed by atoms with Crippen molar-refractivity contribution in [3.63, 3.8) is 0 Å². The summed E-state index contributed by atoms with van der Waals surface area (Å²) in [5.74, 6) is -0.568. The third-order valence-electron chi connectivity index (χ3n) is 4.35. The van der Waals surface area contributed by atoms with Crippen molar-refractivity contribution in [1.29, 1.82) is 0 Å². The van der Waals surface area contributed by atoms with Gasteiger partial charge in [0.15, 0.2) is 0 Å². The lowest BCUT2D eigenvalue weighted by Gasteiger charge is -2.23. The van der Waals surface area contributed by atoms with Crippen molar-refractivity contribution in [2.45, 2.75) is 25.3 Å². The highest BCUT2D eigenvalue weighted by atomic mass is 19.1. The summed E-state index contributed by atoms with van der Waals surface area (Å²) in [5.41, 5.74) is 6.42. The first-order valence-electron chi connectivity index (χ1n) is 7.23. The summed E-state index contributed by atoms with van der Waals surface area (Å²) in [6, 6.07) is 4.43. The molecule has 2 aliphatic rings. The third kappa shape index (κ3) is 2.50. The van der Waals surface area contributed by atoms with Gasteiger partial charge in [0, 0.05) is 24.8 Å². The van der Waals surface area contributed by atoms with Gasteiger partial charge in [-0.2, -0.15) is 0 Å². The van der Waals surface area contributed by atoms with Crippen LogP contribution in [0.4, 0.5) is 10.1 Å². The monoisotopic (exact) mass is 277 g/mol. The van der Waals surface area contributed by atoms with E-state index in [0.29, 0.717) is 11.7 Å². The van der Waals surface area contributed by atoms with Crippen molar-refractivity contribution in [2.24, 2.45) is 0 Å². The molecule has 1 atom stereocenters. The maximum absolute atomic E-state index is 13.3. The second-order valence-corrected chi connectivity index (χ2v) is 5.67. The van der Waals surface area contributed by atoms with Gasteiger partial charge in [-0.25, -0.2) is 4.39 Å². The molecule has 2 heterocycles. The number of halogens is 1. The van der Waals surface area contributed by atoms with Crippen molar-refractivity contribution >= 4 is 11.6 Å². The zero-order chi connectivity index (χ0) is 14.1. The fourth-order valence-electron chi connectivity index (χ4n) is 3.22. The molecule has 1 unspecified atom stereocenters. The van der Waals surface area contributed by atoms with Crippen LogP contribution >= 0.6 is 0 Å². The molecule has 4 nitrogen and oxygen atoms in total. The predicted octanol–water partition coefficient (Wildman–Crippen LogP) is 1.72. The van der Waals surface area contributed by atoms with Gasteiger partial charge in [0.1, 0.15) is 5.82 Å². The summed E-state index contributed by atoms with van der Waals surface area (Å²) in [4.78, 5) is 16.7. The number of hydrogen-bond donors (Lipinski definition) is 1. The molecule has 20 heavy (non-hydrogen) atoms. The lowest BCUT2D eigenvalue weighted by molar-refractivity contribution is 0.0780. The highest BCUT2D eigenvalue weighted by Gasteiger charge is 2.32. The van der Waals surface area contributed by atoms with Gasteiger partial charge in [-0.15, -0.1) is 0 Å². The second-order valence-electron chi connectivity index (χ2n) is 5.67. The number of likely N-dealkylation sites (tertiary alicyclic amines) is 2. The molecule has 0 aliphatic carbocycles. The Kier molecular flexibility index (Phi) is 3.61. The maximum Gasteiger partial charge on any atom is 0.256 e. The number of rotatable bonds is 2. The Balaban J connectivity index is 1.70. The Bertz CT molecular complexity index is 514. The lowest BCUT2D eigenvalue weighted by Crippen LogP contribution is -2.37. The molecular formula is C15H20FN3O. The van der Waals surface area contributed by atoms with Crippen LogP contribution in [0.2, 0.25) is 0 Å². The predicted molar refractivity (Wildman–Crippen MR) is 75.9 cm³/mol. The molecule has 0 aromatic heterocycles. The highest BCUT2D eigenvalue weighted by molar-refractivity contribution is 5.99. The van der Waals surface area contributed by atoms with Gasteiger partial charge in [0.2, 0.25) is 0 Å². The minimum absolute atomic E-state index is 0.149. The number of hydrogen-bond acceptors (Lipinski definition) is 3. The Hall–Kier alpha value is -1.62. The summed E-state index contributed by atoms with van der Waals surface area (Å²) < 4.78 is 13.3. The van der Waals surface area contributed by atoms with E-state index < -0.39 is 5.82 Å². The molecular weight excluding hydrogens is 257 g/mol. The first kappa shape index (κ1) is 13.4. The molecule has 0 saturated carbocycles. The topological polar surface area (TPSA) is 49.6 Å². The van der Waals surface area contributed by atoms with Crippen molar-refractivity contribution in [3.05, 3.63) is 29.6 Å². The number of amides is 1. The van der Waals surface area contributed by atoms with Gasteiger partial charge in [-0.05, 0) is 50.6 Å². The van der Waals surface area contributed by atoms with Crippen LogP contribution in [0.15, 0.2) is 18.2 Å². The second kappa shape index (κ2) is 5.40. The van der Waals surface area contributed by atoms with Crippen LogP contribution in [0.1, 0.15) is 29.6 Å². The fourth-order valence-corrected chi connectivity index (χ4v) is 3.22. The Morgan fingerprint density at radius 2 is 2.00 bits per heavy atom. The number of nitrogens with two attached hydrogens (primary N) is 1. The number of carbonyl (C=O) groups is 1. The minimum atomic E-state index is -0.419. The molecule has 0 radical (unpaired) electrons. The molecule has 0 spiro atoms. The number of nitrogen functional groups attached to an aromatic ring is 1. The van der Waals surface area contributed by atoms with Gasteiger partial charge in [-0.1, -0.05) is 0 Å². The summed E-state index contributed by atoms with van der Waals surface area (Å²) in [6.45, 7) is 3.73. The van der Waals surface area contributed by atoms with E-state index in [0.717, 1.165) is 32.6 Å². The van der Waals surface area contributed by atoms with Gasteiger partial charge >= 0.3 is 0 Å². The Morgan fingerprint density at radius 1 is 1.25 bits per heavy atom. The quantitative estimate of drug-likeness (QED) is 0.837. The lowest BCUT2D eigenvalue weighted by atomic mass is 10.1. The molecule has 2 N–H and O–H groups in total. The minimum Gasteiger partial charge on any atom is -0.398 e. The average molecular weight is 277 g/mol. The number of carbonyl (C=O) groups excluding carboxylic acids is 1. The van der Waals surface area contributed by atoms with Crippen LogP contribution in [0.3, 0.4) is 0 Å². The normalized spacial score (nSPS) is 23.4. The SMILES string of the molecule is Nc1ccc(F)cc1C(=O)N1CCC(N2CCCC2)C1. The maximum atomic E-state index is 13.3. The van der Waals surface area contributed by atoms with Crippen molar-refractivity contribution in [3.8, 4) is 0 Å². The molecule has 2 saturated heterocycles. The molecule has 5 heteroatoms. The van der Waals surface area contributed by atoms with Crippen molar-refractivity contribution in [1.82, 2.24) is 9.80 Å². The molecule has 1 amide bonds. The number of benzene rings is 1. The van der Waals surface area contributed by atoms with Crippen LogP contribution in [-0.2, 0) is 0 Å². The summed E-state index contributed by atoms with van der Waals surface area (Å²) >= 11 is 0. The Labute approximate surface area is 118 Å². The van der Waals surface area contributed by atoms with Gasteiger partial charge in [0.25, 0.3) is 5.91 Å². The van der Waals surface area contributed by atoms with E-state index in [1.807, 2.05) is 0 Å². The van der Waals surface area contributed by atoms with E-state index in [9.17, 15) is 9.18 Å². The zero-order valence-electron chi connectivity index (χ0n) is 11.5. The van der Waals surface area contributed by atoms with Crippen LogP contribution in [0.25, 0.3) is 0 Å². The molecule has 2 fully saturated rings. The van der Waals surface area contributed by atoms with Crippen molar-refractivity contribution < 1.29 is 9.18 Å². The fraction of sp³-hybridized carbons (Fsp3) is 0.533. The zero-order valence-corrected chi connectivity index (χ0v) is 11.5. The largest absolute Gasteiger partial charge is 0.398 e. The van der Waals surface area contributed by atoms with Crippen LogP contribution in [-0.4, -0.2) is 47.9 Å². The average Bonchev–Trinajstić information content (AvgIpc) is 3.10. The van der Waals surface area contributed by atoms with Gasteiger partial charge in [-0.3, -0.25) is 9.69 Å². The van der Waals surface area contributed by atoms with E-state index in [2.05, 4.69) is 4.90 Å². The van der Waals surface area contributed by atoms with Gasteiger partial charge in [0.05, 0.1) is 5.56 Å². The van der Waals surface area contributed by atoms with E-state index in [1.54, 1.807) is 4.90 Å². The van der Waals surface area contributed by atoms with Crippen molar-refractivity contribution in [2.75, 3.05) is 31.9 Å². The van der Waals surface area contributed by atoms with Crippen LogP contribution < -0.4 is 5.73 Å². The van der Waals surface area contributed by atoms with Gasteiger partial charge < -0.3 is 10.6 Å². The standard InChI is InChI=1S/C15H20FN3O/c16-11-3-4-14(17)13(9-11)15(20)19-8-5-12(10-19)18-6-1-2-7-18/h3-4,9,12H,1-2,5-8,10,17H2. The molecule has 1 aromatic carbocycles. The summed E-state index contributed by atoms with van der Waals surface area (Å²) in [5, 5.41) is 0.